The van der Waals surface area contributed by atoms with Crippen LogP contribution in [0.15, 0.2) is 30.3 Å². The van der Waals surface area contributed by atoms with Crippen LogP contribution in [0.2, 0.25) is 0 Å². The zero-order chi connectivity index (χ0) is 12.0. The third-order valence-corrected chi connectivity index (χ3v) is 2.22. The molecule has 1 atom stereocenters. The minimum absolute atomic E-state index is 0.0201. The molecule has 1 rings (SSSR count). The van der Waals surface area contributed by atoms with E-state index in [1.165, 1.54) is 0 Å². The molecular formula is C12H17NO3. The summed E-state index contributed by atoms with van der Waals surface area (Å²) in [6.07, 6.45) is 0. The molecule has 0 heterocycles. The highest BCUT2D eigenvalue weighted by Gasteiger charge is 2.20. The normalized spacial score (nSPS) is 12.7. The lowest BCUT2D eigenvalue weighted by Crippen LogP contribution is -2.40. The molecular weight excluding hydrogens is 206 g/mol. The van der Waals surface area contributed by atoms with Crippen LogP contribution in [0.4, 0.5) is 0 Å². The Bertz CT molecular complexity index is 324. The van der Waals surface area contributed by atoms with E-state index < -0.39 is 12.0 Å². The van der Waals surface area contributed by atoms with Crippen molar-refractivity contribution in [2.24, 2.45) is 5.92 Å². The Balaban J connectivity index is 2.37. The van der Waals surface area contributed by atoms with E-state index in [2.05, 4.69) is 5.48 Å². The summed E-state index contributed by atoms with van der Waals surface area (Å²) in [4.78, 5) is 16.0. The summed E-state index contributed by atoms with van der Waals surface area (Å²) in [6.45, 7) is 4.02. The van der Waals surface area contributed by atoms with Gasteiger partial charge < -0.3 is 5.11 Å². The maximum Gasteiger partial charge on any atom is 0.323 e. The molecule has 0 amide bonds. The fourth-order valence-corrected chi connectivity index (χ4v) is 1.26. The van der Waals surface area contributed by atoms with Crippen molar-refractivity contribution in [2.45, 2.75) is 26.5 Å². The summed E-state index contributed by atoms with van der Waals surface area (Å²) in [5, 5.41) is 8.90. The Kier molecular flexibility index (Phi) is 4.95. The minimum atomic E-state index is -0.900. The van der Waals surface area contributed by atoms with Gasteiger partial charge in [-0.25, -0.2) is 0 Å². The average molecular weight is 223 g/mol. The van der Waals surface area contributed by atoms with Gasteiger partial charge in [-0.3, -0.25) is 9.63 Å². The highest BCUT2D eigenvalue weighted by molar-refractivity contribution is 5.73. The zero-order valence-corrected chi connectivity index (χ0v) is 9.51. The van der Waals surface area contributed by atoms with Crippen molar-refractivity contribution < 1.29 is 14.7 Å². The van der Waals surface area contributed by atoms with Gasteiger partial charge in [-0.05, 0) is 11.5 Å². The fraction of sp³-hybridized carbons (Fsp3) is 0.417. The number of carboxylic acid groups (broad SMARTS) is 1. The molecule has 0 aliphatic heterocycles. The Morgan fingerprint density at radius 3 is 2.50 bits per heavy atom. The van der Waals surface area contributed by atoms with Gasteiger partial charge in [0.2, 0.25) is 0 Å². The number of aliphatic carboxylic acids is 1. The van der Waals surface area contributed by atoms with Crippen LogP contribution in [0.5, 0.6) is 0 Å². The summed E-state index contributed by atoms with van der Waals surface area (Å²) in [6, 6.07) is 8.92. The number of hydrogen-bond acceptors (Lipinski definition) is 3. The number of hydrogen-bond donors (Lipinski definition) is 2. The molecule has 16 heavy (non-hydrogen) atoms. The number of carboxylic acids is 1. The van der Waals surface area contributed by atoms with E-state index in [9.17, 15) is 4.79 Å². The van der Waals surface area contributed by atoms with E-state index >= 15 is 0 Å². The molecule has 4 nitrogen and oxygen atoms in total. The third kappa shape index (κ3) is 4.00. The van der Waals surface area contributed by atoms with Gasteiger partial charge in [-0.1, -0.05) is 44.2 Å². The third-order valence-electron chi connectivity index (χ3n) is 2.22. The summed E-state index contributed by atoms with van der Waals surface area (Å²) in [7, 11) is 0. The molecule has 1 aromatic rings. The lowest BCUT2D eigenvalue weighted by Gasteiger charge is -2.17. The van der Waals surface area contributed by atoms with Gasteiger partial charge in [0.15, 0.2) is 0 Å². The first kappa shape index (κ1) is 12.7. The van der Waals surface area contributed by atoms with Crippen LogP contribution in [0, 0.1) is 5.92 Å². The molecule has 0 bridgehead atoms. The van der Waals surface area contributed by atoms with Crippen molar-refractivity contribution in [2.75, 3.05) is 0 Å². The van der Waals surface area contributed by atoms with Crippen molar-refractivity contribution in [3.05, 3.63) is 35.9 Å². The highest BCUT2D eigenvalue weighted by atomic mass is 16.6. The van der Waals surface area contributed by atoms with Gasteiger partial charge in [-0.2, -0.15) is 5.48 Å². The van der Waals surface area contributed by atoms with Crippen molar-refractivity contribution >= 4 is 5.97 Å². The predicted octanol–water partition coefficient (Wildman–Crippen LogP) is 1.82. The van der Waals surface area contributed by atoms with Crippen molar-refractivity contribution in [3.63, 3.8) is 0 Å². The molecule has 1 unspecified atom stereocenters. The largest absolute Gasteiger partial charge is 0.480 e. The molecule has 0 aromatic heterocycles. The molecule has 0 saturated carbocycles. The quantitative estimate of drug-likeness (QED) is 0.722. The Labute approximate surface area is 95.2 Å². The minimum Gasteiger partial charge on any atom is -0.480 e. The highest BCUT2D eigenvalue weighted by Crippen LogP contribution is 2.04. The molecule has 0 saturated heterocycles. The van der Waals surface area contributed by atoms with Crippen molar-refractivity contribution in [1.29, 1.82) is 0 Å². The van der Waals surface area contributed by atoms with Crippen molar-refractivity contribution in [1.82, 2.24) is 5.48 Å². The Hall–Kier alpha value is -1.39. The van der Waals surface area contributed by atoms with Gasteiger partial charge in [0.05, 0.1) is 6.61 Å². The fourth-order valence-electron chi connectivity index (χ4n) is 1.26. The standard InChI is InChI=1S/C12H17NO3/c1-9(2)11(12(14)15)13-16-8-10-6-4-3-5-7-10/h3-7,9,11,13H,8H2,1-2H3,(H,14,15). The maximum atomic E-state index is 10.8. The van der Waals surface area contributed by atoms with Gasteiger partial charge >= 0.3 is 5.97 Å². The van der Waals surface area contributed by atoms with E-state index in [4.69, 9.17) is 9.94 Å². The number of hydroxylamine groups is 1. The smallest absolute Gasteiger partial charge is 0.323 e. The summed E-state index contributed by atoms with van der Waals surface area (Å²) in [5.41, 5.74) is 3.57. The lowest BCUT2D eigenvalue weighted by molar-refractivity contribution is -0.146. The van der Waals surface area contributed by atoms with E-state index in [1.807, 2.05) is 44.2 Å². The first-order chi connectivity index (χ1) is 7.61. The van der Waals surface area contributed by atoms with Crippen LogP contribution in [-0.2, 0) is 16.2 Å². The topological polar surface area (TPSA) is 58.6 Å². The monoisotopic (exact) mass is 223 g/mol. The second-order valence-corrected chi connectivity index (χ2v) is 3.95. The number of carbonyl (C=O) groups is 1. The molecule has 0 radical (unpaired) electrons. The van der Waals surface area contributed by atoms with E-state index in [0.717, 1.165) is 5.56 Å². The van der Waals surface area contributed by atoms with Crippen molar-refractivity contribution in [3.8, 4) is 0 Å². The maximum absolute atomic E-state index is 10.8. The summed E-state index contributed by atoms with van der Waals surface area (Å²) >= 11 is 0. The van der Waals surface area contributed by atoms with Crippen LogP contribution in [-0.4, -0.2) is 17.1 Å². The van der Waals surface area contributed by atoms with Crippen LogP contribution in [0.25, 0.3) is 0 Å². The number of rotatable bonds is 6. The van der Waals surface area contributed by atoms with Crippen LogP contribution in [0.1, 0.15) is 19.4 Å². The second kappa shape index (κ2) is 6.25. The SMILES string of the molecule is CC(C)C(NOCc1ccccc1)C(=O)O. The molecule has 1 aromatic carbocycles. The van der Waals surface area contributed by atoms with E-state index in [-0.39, 0.29) is 5.92 Å². The van der Waals surface area contributed by atoms with Crippen LogP contribution in [0.3, 0.4) is 0 Å². The van der Waals surface area contributed by atoms with Gasteiger partial charge in [-0.15, -0.1) is 0 Å². The first-order valence-electron chi connectivity index (χ1n) is 5.25. The molecule has 0 aliphatic rings. The molecule has 88 valence electrons. The van der Waals surface area contributed by atoms with Crippen LogP contribution < -0.4 is 5.48 Å². The van der Waals surface area contributed by atoms with Crippen LogP contribution >= 0.6 is 0 Å². The zero-order valence-electron chi connectivity index (χ0n) is 9.51. The predicted molar refractivity (Wildman–Crippen MR) is 60.6 cm³/mol. The van der Waals surface area contributed by atoms with Gasteiger partial charge in [0.1, 0.15) is 6.04 Å². The first-order valence-corrected chi connectivity index (χ1v) is 5.25. The van der Waals surface area contributed by atoms with Gasteiger partial charge in [0, 0.05) is 0 Å². The number of nitrogens with one attached hydrogen (secondary N) is 1. The van der Waals surface area contributed by atoms with E-state index in [0.29, 0.717) is 6.61 Å². The summed E-state index contributed by atoms with van der Waals surface area (Å²) in [5.74, 6) is -0.920. The summed E-state index contributed by atoms with van der Waals surface area (Å²) < 4.78 is 0. The molecule has 0 spiro atoms. The average Bonchev–Trinajstić information content (AvgIpc) is 2.24. The lowest BCUT2D eigenvalue weighted by atomic mass is 10.1. The molecule has 0 aliphatic carbocycles. The second-order valence-electron chi connectivity index (χ2n) is 3.95. The Morgan fingerprint density at radius 1 is 1.38 bits per heavy atom. The van der Waals surface area contributed by atoms with Gasteiger partial charge in [0.25, 0.3) is 0 Å². The molecule has 4 heteroatoms. The Morgan fingerprint density at radius 2 is 2.00 bits per heavy atom. The molecule has 0 fully saturated rings. The van der Waals surface area contributed by atoms with E-state index in [1.54, 1.807) is 0 Å². The number of benzene rings is 1. The molecule has 2 N–H and O–H groups in total.